The quantitative estimate of drug-likeness (QED) is 0.679. The average Bonchev–Trinajstić information content (AvgIpc) is 2.25. The van der Waals surface area contributed by atoms with Gasteiger partial charge in [0, 0.05) is 30.9 Å². The normalized spacial score (nSPS) is 17.5. The first-order chi connectivity index (χ1) is 6.24. The van der Waals surface area contributed by atoms with Gasteiger partial charge in [-0.25, -0.2) is 0 Å². The zero-order chi connectivity index (χ0) is 9.42. The number of aromatic nitrogens is 2. The van der Waals surface area contributed by atoms with E-state index >= 15 is 0 Å². The molecular weight excluding hydrogens is 164 g/mol. The van der Waals surface area contributed by atoms with Crippen molar-refractivity contribution in [2.45, 2.75) is 26.4 Å². The lowest BCUT2D eigenvalue weighted by atomic mass is 10.1. The summed E-state index contributed by atoms with van der Waals surface area (Å²) in [5.74, 6) is 0. The van der Waals surface area contributed by atoms with Crippen LogP contribution >= 0.6 is 0 Å². The van der Waals surface area contributed by atoms with Crippen molar-refractivity contribution in [2.75, 3.05) is 13.1 Å². The van der Waals surface area contributed by atoms with Gasteiger partial charge in [0.1, 0.15) is 0 Å². The third-order valence-corrected chi connectivity index (χ3v) is 2.78. The van der Waals surface area contributed by atoms with Gasteiger partial charge >= 0.3 is 0 Å². The third-order valence-electron chi connectivity index (χ3n) is 2.78. The van der Waals surface area contributed by atoms with Gasteiger partial charge in [0.2, 0.25) is 0 Å². The molecule has 0 unspecified atom stereocenters. The second-order valence-electron chi connectivity index (χ2n) is 3.61. The monoisotopic (exact) mass is 180 g/mol. The lowest BCUT2D eigenvalue weighted by Gasteiger charge is -2.28. The Hall–Kier alpha value is -0.870. The Morgan fingerprint density at radius 1 is 1.54 bits per heavy atom. The molecule has 0 amide bonds. The zero-order valence-electron chi connectivity index (χ0n) is 8.17. The minimum atomic E-state index is 0.541. The van der Waals surface area contributed by atoms with Gasteiger partial charge in [0.15, 0.2) is 0 Å². The predicted octanol–water partition coefficient (Wildman–Crippen LogP) is 0.103. The fraction of sp³-hybridized carbons (Fsp3) is 0.667. The predicted molar refractivity (Wildman–Crippen MR) is 51.5 cm³/mol. The van der Waals surface area contributed by atoms with Gasteiger partial charge in [-0.05, 0) is 13.8 Å². The SMILES string of the molecule is Cc1nn(C2CNC2)c(C)c1CN. The summed E-state index contributed by atoms with van der Waals surface area (Å²) in [7, 11) is 0. The summed E-state index contributed by atoms with van der Waals surface area (Å²) < 4.78 is 2.11. The van der Waals surface area contributed by atoms with Crippen molar-refractivity contribution < 1.29 is 0 Å². The number of aryl methyl sites for hydroxylation is 1. The van der Waals surface area contributed by atoms with Crippen molar-refractivity contribution >= 4 is 0 Å². The van der Waals surface area contributed by atoms with Crippen LogP contribution in [-0.4, -0.2) is 22.9 Å². The molecular formula is C9H16N4. The van der Waals surface area contributed by atoms with Gasteiger partial charge in [0.25, 0.3) is 0 Å². The van der Waals surface area contributed by atoms with E-state index in [9.17, 15) is 0 Å². The molecule has 2 heterocycles. The largest absolute Gasteiger partial charge is 0.326 e. The van der Waals surface area contributed by atoms with E-state index < -0.39 is 0 Å². The smallest absolute Gasteiger partial charge is 0.0771 e. The van der Waals surface area contributed by atoms with Crippen molar-refractivity contribution in [3.63, 3.8) is 0 Å². The van der Waals surface area contributed by atoms with Gasteiger partial charge in [-0.3, -0.25) is 4.68 Å². The van der Waals surface area contributed by atoms with Crippen LogP contribution in [0.4, 0.5) is 0 Å². The van der Waals surface area contributed by atoms with E-state index in [4.69, 9.17) is 5.73 Å². The Balaban J connectivity index is 2.35. The molecule has 2 rings (SSSR count). The Morgan fingerprint density at radius 2 is 2.23 bits per heavy atom. The number of nitrogens with one attached hydrogen (secondary N) is 1. The molecule has 0 aromatic carbocycles. The maximum Gasteiger partial charge on any atom is 0.0771 e. The first kappa shape index (κ1) is 8.72. The Morgan fingerprint density at radius 3 is 2.62 bits per heavy atom. The third kappa shape index (κ3) is 1.26. The lowest BCUT2D eigenvalue weighted by Crippen LogP contribution is -2.44. The highest BCUT2D eigenvalue weighted by Gasteiger charge is 2.22. The van der Waals surface area contributed by atoms with E-state index in [2.05, 4.69) is 22.0 Å². The van der Waals surface area contributed by atoms with E-state index in [1.807, 2.05) is 6.92 Å². The molecule has 0 bridgehead atoms. The fourth-order valence-electron chi connectivity index (χ4n) is 1.79. The first-order valence-electron chi connectivity index (χ1n) is 4.69. The molecule has 1 saturated heterocycles. The first-order valence-corrected chi connectivity index (χ1v) is 4.69. The summed E-state index contributed by atoms with van der Waals surface area (Å²) in [5.41, 5.74) is 9.16. The average molecular weight is 180 g/mol. The van der Waals surface area contributed by atoms with Crippen molar-refractivity contribution in [3.05, 3.63) is 17.0 Å². The van der Waals surface area contributed by atoms with Gasteiger partial charge in [-0.2, -0.15) is 5.10 Å². The molecule has 3 N–H and O–H groups in total. The van der Waals surface area contributed by atoms with Crippen LogP contribution in [0.25, 0.3) is 0 Å². The molecule has 0 spiro atoms. The number of nitrogens with zero attached hydrogens (tertiary/aromatic N) is 2. The van der Waals surface area contributed by atoms with Crippen LogP contribution in [0.15, 0.2) is 0 Å². The van der Waals surface area contributed by atoms with E-state index in [-0.39, 0.29) is 0 Å². The molecule has 0 saturated carbocycles. The second-order valence-corrected chi connectivity index (χ2v) is 3.61. The van der Waals surface area contributed by atoms with Crippen LogP contribution in [0.3, 0.4) is 0 Å². The topological polar surface area (TPSA) is 55.9 Å². The van der Waals surface area contributed by atoms with Crippen molar-refractivity contribution in [2.24, 2.45) is 5.73 Å². The molecule has 1 aliphatic rings. The van der Waals surface area contributed by atoms with Crippen LogP contribution < -0.4 is 11.1 Å². The van der Waals surface area contributed by atoms with Gasteiger partial charge in [-0.1, -0.05) is 0 Å². The van der Waals surface area contributed by atoms with E-state index in [1.54, 1.807) is 0 Å². The summed E-state index contributed by atoms with van der Waals surface area (Å²) in [5, 5.41) is 7.74. The second kappa shape index (κ2) is 3.12. The number of hydrogen-bond acceptors (Lipinski definition) is 3. The van der Waals surface area contributed by atoms with Crippen LogP contribution in [0.5, 0.6) is 0 Å². The van der Waals surface area contributed by atoms with Crippen LogP contribution in [0, 0.1) is 13.8 Å². The van der Waals surface area contributed by atoms with Crippen molar-refractivity contribution in [1.82, 2.24) is 15.1 Å². The molecule has 1 aromatic heterocycles. The molecule has 72 valence electrons. The number of nitrogens with two attached hydrogens (primary N) is 1. The highest BCUT2D eigenvalue weighted by molar-refractivity contribution is 5.24. The molecule has 4 heteroatoms. The summed E-state index contributed by atoms with van der Waals surface area (Å²) in [4.78, 5) is 0. The molecule has 13 heavy (non-hydrogen) atoms. The lowest BCUT2D eigenvalue weighted by molar-refractivity contribution is 0.312. The van der Waals surface area contributed by atoms with Crippen molar-refractivity contribution in [3.8, 4) is 0 Å². The zero-order valence-corrected chi connectivity index (χ0v) is 8.17. The standard InChI is InChI=1S/C9H16N4/c1-6-9(3-10)7(2)13(12-6)8-4-11-5-8/h8,11H,3-5,10H2,1-2H3. The fourth-order valence-corrected chi connectivity index (χ4v) is 1.79. The van der Waals surface area contributed by atoms with E-state index in [1.165, 1.54) is 11.3 Å². The molecule has 0 radical (unpaired) electrons. The summed E-state index contributed by atoms with van der Waals surface area (Å²) >= 11 is 0. The number of hydrogen-bond donors (Lipinski definition) is 2. The van der Waals surface area contributed by atoms with Gasteiger partial charge < -0.3 is 11.1 Å². The number of rotatable bonds is 2. The van der Waals surface area contributed by atoms with E-state index in [0.29, 0.717) is 12.6 Å². The minimum absolute atomic E-state index is 0.541. The van der Waals surface area contributed by atoms with Gasteiger partial charge in [-0.15, -0.1) is 0 Å². The minimum Gasteiger partial charge on any atom is -0.326 e. The Bertz CT molecular complexity index is 312. The molecule has 4 nitrogen and oxygen atoms in total. The van der Waals surface area contributed by atoms with Crippen molar-refractivity contribution in [1.29, 1.82) is 0 Å². The Labute approximate surface area is 78.1 Å². The van der Waals surface area contributed by atoms with E-state index in [0.717, 1.165) is 18.8 Å². The molecule has 0 atom stereocenters. The summed E-state index contributed by atoms with van der Waals surface area (Å²) in [6.07, 6.45) is 0. The maximum absolute atomic E-state index is 5.66. The molecule has 1 aliphatic heterocycles. The van der Waals surface area contributed by atoms with Crippen LogP contribution in [-0.2, 0) is 6.54 Å². The summed E-state index contributed by atoms with van der Waals surface area (Å²) in [6.45, 7) is 6.79. The molecule has 0 aliphatic carbocycles. The highest BCUT2D eigenvalue weighted by atomic mass is 15.3. The Kier molecular flexibility index (Phi) is 2.09. The highest BCUT2D eigenvalue weighted by Crippen LogP contribution is 2.19. The van der Waals surface area contributed by atoms with Crippen LogP contribution in [0.2, 0.25) is 0 Å². The molecule has 1 fully saturated rings. The maximum atomic E-state index is 5.66. The molecule has 1 aromatic rings. The summed E-state index contributed by atoms with van der Waals surface area (Å²) in [6, 6.07) is 0.541. The van der Waals surface area contributed by atoms with Crippen LogP contribution in [0.1, 0.15) is 23.0 Å². The van der Waals surface area contributed by atoms with Gasteiger partial charge in [0.05, 0.1) is 11.7 Å².